The average Bonchev–Trinajstić information content (AvgIpc) is 3.22. The quantitative estimate of drug-likeness (QED) is 0.0508. The van der Waals surface area contributed by atoms with Crippen LogP contribution in [-0.2, 0) is 71.2 Å². The van der Waals surface area contributed by atoms with E-state index in [1.54, 1.807) is 0 Å². The highest BCUT2D eigenvalue weighted by Gasteiger charge is 2.04. The van der Waals surface area contributed by atoms with Crippen LogP contribution in [0, 0.1) is 0 Å². The van der Waals surface area contributed by atoms with Gasteiger partial charge in [-0.2, -0.15) is 0 Å². The zero-order valence-electron chi connectivity index (χ0n) is 36.7. The van der Waals surface area contributed by atoms with Gasteiger partial charge in [0.25, 0.3) is 0 Å². The highest BCUT2D eigenvalue weighted by Crippen LogP contribution is 2.09. The average molecular weight is 841 g/mol. The van der Waals surface area contributed by atoms with Gasteiger partial charge in [0.15, 0.2) is 0 Å². The summed E-state index contributed by atoms with van der Waals surface area (Å²) in [6.45, 7) is 15.4. The summed E-state index contributed by atoms with van der Waals surface area (Å²) in [4.78, 5) is 23.4. The van der Waals surface area contributed by atoms with Gasteiger partial charge in [0.2, 0.25) is 0 Å². The van der Waals surface area contributed by atoms with Crippen molar-refractivity contribution in [1.82, 2.24) is 0 Å². The molecule has 0 aliphatic carbocycles. The molecule has 0 amide bonds. The van der Waals surface area contributed by atoms with Crippen LogP contribution in [0.25, 0.3) is 0 Å². The Hall–Kier alpha value is -1.50. The molecule has 58 heavy (non-hydrogen) atoms. The normalized spacial score (nSPS) is 11.4. The first-order valence-corrected chi connectivity index (χ1v) is 22.4. The summed E-state index contributed by atoms with van der Waals surface area (Å²) in [5.41, 5.74) is 0. The number of hydrogen-bond donors (Lipinski definition) is 0. The number of ether oxygens (including phenoxy) is 13. The topological polar surface area (TPSA) is 154 Å². The molecule has 0 aliphatic rings. The zero-order chi connectivity index (χ0) is 41.9. The molecule has 0 saturated heterocycles. The lowest BCUT2D eigenvalue weighted by Crippen LogP contribution is -2.16. The molecule has 0 heterocycles. The Kier molecular flexibility index (Phi) is 50.3. The number of rotatable bonds is 51. The highest BCUT2D eigenvalue weighted by molar-refractivity contribution is 5.69. The van der Waals surface area contributed by atoms with Crippen LogP contribution < -0.4 is 0 Å². The number of carbonyl (C=O) groups excluding carboxylic acids is 2. The van der Waals surface area contributed by atoms with Crippen molar-refractivity contribution in [1.29, 1.82) is 0 Å². The molecular formula is C43H84O15. The standard InChI is InChI=1S/C43H84O15/c1-3-5-7-9-11-13-15-17-43(45)58-41-39-56-37-35-54-33-31-52-29-27-50-25-23-48-21-19-46-18-20-47-22-24-49-26-28-51-30-32-53-34-36-55-38-40-57-42(44)16-14-12-10-8-6-4-2/h3-41H2,1-2H3. The van der Waals surface area contributed by atoms with Gasteiger partial charge in [0.1, 0.15) is 13.2 Å². The second-order valence-electron chi connectivity index (χ2n) is 13.6. The van der Waals surface area contributed by atoms with E-state index >= 15 is 0 Å². The number of carbonyl (C=O) groups is 2. The molecule has 0 fully saturated rings. The minimum atomic E-state index is -0.146. The lowest BCUT2D eigenvalue weighted by atomic mass is 10.1. The van der Waals surface area contributed by atoms with Crippen molar-refractivity contribution in [2.24, 2.45) is 0 Å². The second kappa shape index (κ2) is 51.6. The van der Waals surface area contributed by atoms with Crippen LogP contribution >= 0.6 is 0 Å². The van der Waals surface area contributed by atoms with E-state index in [4.69, 9.17) is 61.6 Å². The SMILES string of the molecule is CCCCCCCCCC(=O)OCCOCCOCCOCCOCCOCCOCCOCCOCCOCCOCCOCCOC(=O)CCCCCCCC. The van der Waals surface area contributed by atoms with Gasteiger partial charge in [-0.3, -0.25) is 9.59 Å². The fourth-order valence-corrected chi connectivity index (χ4v) is 5.15. The molecule has 0 rings (SSSR count). The van der Waals surface area contributed by atoms with Crippen molar-refractivity contribution in [2.75, 3.05) is 159 Å². The van der Waals surface area contributed by atoms with Crippen LogP contribution in [0.4, 0.5) is 0 Å². The Labute approximate surface area is 351 Å². The van der Waals surface area contributed by atoms with Crippen molar-refractivity contribution in [2.45, 2.75) is 110 Å². The monoisotopic (exact) mass is 841 g/mol. The fourth-order valence-electron chi connectivity index (χ4n) is 5.15. The van der Waals surface area contributed by atoms with Crippen LogP contribution in [0.2, 0.25) is 0 Å². The van der Waals surface area contributed by atoms with Gasteiger partial charge in [0.05, 0.1) is 145 Å². The van der Waals surface area contributed by atoms with E-state index in [-0.39, 0.29) is 25.2 Å². The second-order valence-corrected chi connectivity index (χ2v) is 13.6. The fraction of sp³-hybridized carbons (Fsp3) is 0.953. The first-order valence-electron chi connectivity index (χ1n) is 22.4. The maximum atomic E-state index is 11.7. The Bertz CT molecular complexity index is 808. The summed E-state index contributed by atoms with van der Waals surface area (Å²) < 4.78 is 70.7. The van der Waals surface area contributed by atoms with Crippen molar-refractivity contribution >= 4 is 11.9 Å². The Morgan fingerprint density at radius 1 is 0.241 bits per heavy atom. The highest BCUT2D eigenvalue weighted by atomic mass is 16.6. The molecule has 0 atom stereocenters. The van der Waals surface area contributed by atoms with Crippen molar-refractivity contribution in [3.8, 4) is 0 Å². The Balaban J connectivity index is 3.13. The minimum Gasteiger partial charge on any atom is -0.463 e. The summed E-state index contributed by atoms with van der Waals surface area (Å²) in [6.07, 6.45) is 16.2. The molecule has 0 N–H and O–H groups in total. The van der Waals surface area contributed by atoms with E-state index in [9.17, 15) is 9.59 Å². The first-order chi connectivity index (χ1) is 28.7. The molecule has 0 spiro atoms. The van der Waals surface area contributed by atoms with Gasteiger partial charge in [0, 0.05) is 12.8 Å². The zero-order valence-corrected chi connectivity index (χ0v) is 36.7. The van der Waals surface area contributed by atoms with Crippen molar-refractivity contribution < 1.29 is 71.2 Å². The van der Waals surface area contributed by atoms with Gasteiger partial charge in [-0.15, -0.1) is 0 Å². The van der Waals surface area contributed by atoms with E-state index in [0.717, 1.165) is 25.7 Å². The van der Waals surface area contributed by atoms with Gasteiger partial charge >= 0.3 is 11.9 Å². The third-order valence-corrected chi connectivity index (χ3v) is 8.42. The molecule has 15 nitrogen and oxygen atoms in total. The molecule has 0 bridgehead atoms. The smallest absolute Gasteiger partial charge is 0.305 e. The summed E-state index contributed by atoms with van der Waals surface area (Å²) in [6, 6.07) is 0. The lowest BCUT2D eigenvalue weighted by molar-refractivity contribution is -0.146. The summed E-state index contributed by atoms with van der Waals surface area (Å²) in [5.74, 6) is -0.290. The maximum Gasteiger partial charge on any atom is 0.305 e. The van der Waals surface area contributed by atoms with Gasteiger partial charge in [-0.1, -0.05) is 84.5 Å². The van der Waals surface area contributed by atoms with E-state index < -0.39 is 0 Å². The molecule has 15 heteroatoms. The molecule has 0 aliphatic heterocycles. The van der Waals surface area contributed by atoms with Crippen LogP contribution in [0.5, 0.6) is 0 Å². The molecule has 346 valence electrons. The van der Waals surface area contributed by atoms with Crippen LogP contribution in [0.1, 0.15) is 110 Å². The summed E-state index contributed by atoms with van der Waals surface area (Å²) >= 11 is 0. The Morgan fingerprint density at radius 2 is 0.414 bits per heavy atom. The maximum absolute atomic E-state index is 11.7. The molecule has 0 radical (unpaired) electrons. The molecule has 0 aromatic heterocycles. The third-order valence-electron chi connectivity index (χ3n) is 8.42. The van der Waals surface area contributed by atoms with E-state index in [0.29, 0.717) is 158 Å². The molecule has 0 unspecified atom stereocenters. The van der Waals surface area contributed by atoms with Crippen LogP contribution in [-0.4, -0.2) is 171 Å². The predicted molar refractivity (Wildman–Crippen MR) is 222 cm³/mol. The van der Waals surface area contributed by atoms with Gasteiger partial charge in [-0.05, 0) is 12.8 Å². The molecule has 0 aromatic rings. The molecule has 0 saturated carbocycles. The van der Waals surface area contributed by atoms with E-state index in [2.05, 4.69) is 13.8 Å². The molecule has 0 aromatic carbocycles. The van der Waals surface area contributed by atoms with E-state index in [1.807, 2.05) is 0 Å². The predicted octanol–water partition coefficient (Wildman–Crippen LogP) is 6.15. The largest absolute Gasteiger partial charge is 0.463 e. The van der Waals surface area contributed by atoms with E-state index in [1.165, 1.54) is 57.8 Å². The molecular weight excluding hydrogens is 756 g/mol. The van der Waals surface area contributed by atoms with Crippen molar-refractivity contribution in [3.63, 3.8) is 0 Å². The number of hydrogen-bond acceptors (Lipinski definition) is 15. The van der Waals surface area contributed by atoms with Crippen LogP contribution in [0.15, 0.2) is 0 Å². The number of esters is 2. The van der Waals surface area contributed by atoms with Gasteiger partial charge in [-0.25, -0.2) is 0 Å². The number of unbranched alkanes of at least 4 members (excludes halogenated alkanes) is 11. The van der Waals surface area contributed by atoms with Gasteiger partial charge < -0.3 is 61.6 Å². The summed E-state index contributed by atoms with van der Waals surface area (Å²) in [5, 5.41) is 0. The first kappa shape index (κ1) is 56.5. The minimum absolute atomic E-state index is 0.144. The Morgan fingerprint density at radius 3 is 0.621 bits per heavy atom. The third kappa shape index (κ3) is 50.6. The van der Waals surface area contributed by atoms with Crippen molar-refractivity contribution in [3.05, 3.63) is 0 Å². The lowest BCUT2D eigenvalue weighted by Gasteiger charge is -2.09. The summed E-state index contributed by atoms with van der Waals surface area (Å²) in [7, 11) is 0. The van der Waals surface area contributed by atoms with Crippen LogP contribution in [0.3, 0.4) is 0 Å².